The van der Waals surface area contributed by atoms with Crippen LogP contribution in [0.15, 0.2) is 42.5 Å². The van der Waals surface area contributed by atoms with Gasteiger partial charge in [-0.05, 0) is 63.2 Å². The van der Waals surface area contributed by atoms with E-state index < -0.39 is 5.60 Å². The van der Waals surface area contributed by atoms with Gasteiger partial charge in [-0.15, -0.1) is 0 Å². The Bertz CT molecular complexity index is 1050. The van der Waals surface area contributed by atoms with Gasteiger partial charge >= 0.3 is 0 Å². The molecule has 0 aliphatic carbocycles. The third-order valence-electron chi connectivity index (χ3n) is 6.58. The number of halogens is 1. The van der Waals surface area contributed by atoms with Gasteiger partial charge in [-0.3, -0.25) is 0 Å². The van der Waals surface area contributed by atoms with E-state index in [1.165, 1.54) is 39.9 Å². The van der Waals surface area contributed by atoms with E-state index in [0.29, 0.717) is 5.92 Å². The van der Waals surface area contributed by atoms with Gasteiger partial charge in [0.25, 0.3) is 0 Å². The number of benzene rings is 2. The summed E-state index contributed by atoms with van der Waals surface area (Å²) in [6.07, 6.45) is 0.0724. The third-order valence-corrected chi connectivity index (χ3v) is 6.58. The third kappa shape index (κ3) is 2.62. The lowest BCUT2D eigenvalue weighted by Crippen LogP contribution is -2.38. The van der Waals surface area contributed by atoms with Crippen LogP contribution in [0.3, 0.4) is 0 Å². The molecule has 0 fully saturated rings. The van der Waals surface area contributed by atoms with Gasteiger partial charge in [-0.25, -0.2) is 4.39 Å². The molecule has 0 spiro atoms. The van der Waals surface area contributed by atoms with Crippen molar-refractivity contribution in [2.45, 2.75) is 51.5 Å². The molecule has 3 unspecified atom stereocenters. The minimum atomic E-state index is -0.506. The Hall–Kier alpha value is -2.17. The summed E-state index contributed by atoms with van der Waals surface area (Å²) in [5.41, 5.74) is 5.96. The Kier molecular flexibility index (Phi) is 3.94. The second-order valence-corrected chi connectivity index (χ2v) is 8.83. The van der Waals surface area contributed by atoms with Gasteiger partial charge in [-0.2, -0.15) is 0 Å². The molecule has 0 saturated heterocycles. The molecule has 4 heteroatoms. The number of aryl methyl sites for hydroxylation is 1. The zero-order valence-corrected chi connectivity index (χ0v) is 17.0. The molecule has 3 heterocycles. The average Bonchev–Trinajstić information content (AvgIpc) is 2.87. The second kappa shape index (κ2) is 6.16. The first-order chi connectivity index (χ1) is 13.4. The van der Waals surface area contributed by atoms with Crippen molar-refractivity contribution in [1.82, 2.24) is 9.47 Å². The van der Waals surface area contributed by atoms with Crippen molar-refractivity contribution in [3.63, 3.8) is 0 Å². The fraction of sp³-hybridized carbons (Fsp3) is 0.417. The van der Waals surface area contributed by atoms with E-state index in [1.807, 2.05) is 12.1 Å². The number of fused-ring (bicyclic) bond motifs is 3. The fourth-order valence-electron chi connectivity index (χ4n) is 5.24. The summed E-state index contributed by atoms with van der Waals surface area (Å²) in [5.74, 6) is 0.111. The smallest absolute Gasteiger partial charge is 0.123 e. The maximum absolute atomic E-state index is 13.5. The van der Waals surface area contributed by atoms with Gasteiger partial charge in [-0.1, -0.05) is 23.8 Å². The highest BCUT2D eigenvalue weighted by Crippen LogP contribution is 2.45. The Morgan fingerprint density at radius 2 is 1.89 bits per heavy atom. The van der Waals surface area contributed by atoms with Crippen molar-refractivity contribution in [3.05, 3.63) is 70.7 Å². The lowest BCUT2D eigenvalue weighted by molar-refractivity contribution is -0.0930. The maximum Gasteiger partial charge on any atom is 0.123 e. The molecule has 0 radical (unpaired) electrons. The summed E-state index contributed by atoms with van der Waals surface area (Å²) >= 11 is 0. The Morgan fingerprint density at radius 1 is 1.14 bits per heavy atom. The van der Waals surface area contributed by atoms with Crippen LogP contribution in [0.2, 0.25) is 0 Å². The van der Waals surface area contributed by atoms with Gasteiger partial charge in [0, 0.05) is 35.6 Å². The highest BCUT2D eigenvalue weighted by atomic mass is 19.1. The summed E-state index contributed by atoms with van der Waals surface area (Å²) in [7, 11) is 2.19. The zero-order valence-electron chi connectivity index (χ0n) is 17.0. The summed E-state index contributed by atoms with van der Waals surface area (Å²) in [4.78, 5) is 2.40. The van der Waals surface area contributed by atoms with Crippen molar-refractivity contribution >= 4 is 10.9 Å². The molecular formula is C24H27FN2O. The fourth-order valence-corrected chi connectivity index (χ4v) is 5.24. The SMILES string of the molecule is Cc1ccc2c(c1)c1c3n2CC(C)(c2ccc(F)cc2)OC(C)C3CN(C)C1. The standard InChI is InChI=1S/C24H27FN2O/c1-15-5-10-22-19(11-15)21-13-26(4)12-20-16(2)28-24(3,14-27(22)23(20)21)17-6-8-18(25)9-7-17/h5-11,16,20H,12-14H2,1-4H3. The van der Waals surface area contributed by atoms with Crippen molar-refractivity contribution < 1.29 is 9.13 Å². The topological polar surface area (TPSA) is 17.4 Å². The van der Waals surface area contributed by atoms with Gasteiger partial charge in [0.05, 0.1) is 12.6 Å². The predicted molar refractivity (Wildman–Crippen MR) is 110 cm³/mol. The summed E-state index contributed by atoms with van der Waals surface area (Å²) < 4.78 is 22.7. The van der Waals surface area contributed by atoms with Crippen LogP contribution < -0.4 is 0 Å². The lowest BCUT2D eigenvalue weighted by Gasteiger charge is -2.35. The van der Waals surface area contributed by atoms with Crippen LogP contribution in [0.5, 0.6) is 0 Å². The van der Waals surface area contributed by atoms with Crippen molar-refractivity contribution in [3.8, 4) is 0 Å². The normalized spacial score (nSPS) is 27.6. The second-order valence-electron chi connectivity index (χ2n) is 8.83. The first-order valence-corrected chi connectivity index (χ1v) is 10.1. The van der Waals surface area contributed by atoms with Crippen molar-refractivity contribution in [2.75, 3.05) is 13.6 Å². The number of aromatic nitrogens is 1. The Balaban J connectivity index is 1.75. The van der Waals surface area contributed by atoms with Crippen molar-refractivity contribution in [2.24, 2.45) is 0 Å². The highest BCUT2D eigenvalue weighted by Gasteiger charge is 2.42. The molecule has 146 valence electrons. The van der Waals surface area contributed by atoms with E-state index in [0.717, 1.165) is 25.2 Å². The number of nitrogens with zero attached hydrogens (tertiary/aromatic N) is 2. The molecule has 28 heavy (non-hydrogen) atoms. The Labute approximate surface area is 165 Å². The van der Waals surface area contributed by atoms with Crippen LogP contribution >= 0.6 is 0 Å². The van der Waals surface area contributed by atoms with Crippen molar-refractivity contribution in [1.29, 1.82) is 0 Å². The van der Waals surface area contributed by atoms with Crippen LogP contribution in [0, 0.1) is 12.7 Å². The lowest BCUT2D eigenvalue weighted by atomic mass is 9.90. The van der Waals surface area contributed by atoms with E-state index in [2.05, 4.69) is 55.5 Å². The predicted octanol–water partition coefficient (Wildman–Crippen LogP) is 4.95. The van der Waals surface area contributed by atoms with Crippen LogP contribution in [0.25, 0.3) is 10.9 Å². The molecule has 1 aromatic heterocycles. The highest BCUT2D eigenvalue weighted by molar-refractivity contribution is 5.87. The van der Waals surface area contributed by atoms with Crippen LogP contribution in [-0.2, 0) is 23.4 Å². The molecule has 5 rings (SSSR count). The number of hydrogen-bond acceptors (Lipinski definition) is 2. The van der Waals surface area contributed by atoms with E-state index in [9.17, 15) is 4.39 Å². The van der Waals surface area contributed by atoms with Gasteiger partial charge in [0.1, 0.15) is 11.4 Å². The summed E-state index contributed by atoms with van der Waals surface area (Å²) in [5, 5.41) is 1.36. The first kappa shape index (κ1) is 17.9. The molecule has 2 aliphatic heterocycles. The molecule has 2 aliphatic rings. The average molecular weight is 378 g/mol. The van der Waals surface area contributed by atoms with Crippen LogP contribution in [0.1, 0.15) is 42.1 Å². The number of hydrogen-bond donors (Lipinski definition) is 0. The molecule has 0 amide bonds. The molecule has 3 atom stereocenters. The monoisotopic (exact) mass is 378 g/mol. The molecule has 0 saturated carbocycles. The van der Waals surface area contributed by atoms with E-state index in [4.69, 9.17) is 4.74 Å². The molecule has 3 aromatic rings. The summed E-state index contributed by atoms with van der Waals surface area (Å²) in [6, 6.07) is 13.6. The zero-order chi connectivity index (χ0) is 19.6. The van der Waals surface area contributed by atoms with Gasteiger partial charge in [0.2, 0.25) is 0 Å². The molecular weight excluding hydrogens is 351 g/mol. The van der Waals surface area contributed by atoms with E-state index in [1.54, 1.807) is 0 Å². The van der Waals surface area contributed by atoms with Crippen LogP contribution in [-0.4, -0.2) is 29.2 Å². The molecule has 0 N–H and O–H groups in total. The maximum atomic E-state index is 13.5. The molecule has 0 bridgehead atoms. The molecule has 2 aromatic carbocycles. The largest absolute Gasteiger partial charge is 0.365 e. The number of ether oxygens (including phenoxy) is 1. The minimum Gasteiger partial charge on any atom is -0.365 e. The van der Waals surface area contributed by atoms with Gasteiger partial charge in [0.15, 0.2) is 0 Å². The van der Waals surface area contributed by atoms with E-state index in [-0.39, 0.29) is 11.9 Å². The number of likely N-dealkylation sites (N-methyl/N-ethyl adjacent to an activating group) is 1. The molecule has 3 nitrogen and oxygen atoms in total. The van der Waals surface area contributed by atoms with Gasteiger partial charge < -0.3 is 14.2 Å². The Morgan fingerprint density at radius 3 is 2.64 bits per heavy atom. The summed E-state index contributed by atoms with van der Waals surface area (Å²) in [6.45, 7) is 9.19. The van der Waals surface area contributed by atoms with E-state index >= 15 is 0 Å². The minimum absolute atomic E-state index is 0.0724. The quantitative estimate of drug-likeness (QED) is 0.596. The first-order valence-electron chi connectivity index (χ1n) is 10.1. The van der Waals surface area contributed by atoms with Crippen LogP contribution in [0.4, 0.5) is 4.39 Å². The number of rotatable bonds is 1.